The fourth-order valence-electron chi connectivity index (χ4n) is 4.74. The molecule has 0 radical (unpaired) electrons. The van der Waals surface area contributed by atoms with Crippen LogP contribution in [-0.4, -0.2) is 69.5 Å². The van der Waals surface area contributed by atoms with Gasteiger partial charge in [-0.3, -0.25) is 24.2 Å². The standard InChI is InChI=1S/C25H29N5O4/c1-15(2)13-19(28-23(32)16-6-8-17(26)9-7-16)25(34)29-12-10-20-22(29)21(31)14-30(20)24(33)18-5-3-4-11-27-18/h3-9,11,15,19-20,22H,10,12-14,26H2,1-2H3,(H,28,32). The van der Waals surface area contributed by atoms with E-state index in [2.05, 4.69) is 10.3 Å². The van der Waals surface area contributed by atoms with Crippen molar-refractivity contribution in [3.8, 4) is 0 Å². The van der Waals surface area contributed by atoms with E-state index in [0.29, 0.717) is 30.6 Å². The minimum Gasteiger partial charge on any atom is -0.399 e. The van der Waals surface area contributed by atoms with Gasteiger partial charge >= 0.3 is 0 Å². The number of pyridine rings is 1. The van der Waals surface area contributed by atoms with E-state index < -0.39 is 18.1 Å². The van der Waals surface area contributed by atoms with E-state index in [1.807, 2.05) is 13.8 Å². The third kappa shape index (κ3) is 4.64. The molecule has 1 aromatic heterocycles. The summed E-state index contributed by atoms with van der Waals surface area (Å²) in [5.41, 5.74) is 6.92. The maximum Gasteiger partial charge on any atom is 0.273 e. The Morgan fingerprint density at radius 3 is 2.50 bits per heavy atom. The summed E-state index contributed by atoms with van der Waals surface area (Å²) in [7, 11) is 0. The second-order valence-corrected chi connectivity index (χ2v) is 9.22. The maximum absolute atomic E-state index is 13.6. The molecule has 2 aromatic rings. The van der Waals surface area contributed by atoms with Crippen molar-refractivity contribution < 1.29 is 19.2 Å². The predicted molar refractivity (Wildman–Crippen MR) is 126 cm³/mol. The first-order valence-electron chi connectivity index (χ1n) is 11.5. The molecule has 2 aliphatic rings. The number of nitrogens with two attached hydrogens (primary N) is 1. The number of likely N-dealkylation sites (tertiary alicyclic amines) is 2. The van der Waals surface area contributed by atoms with E-state index in [1.165, 1.54) is 16.0 Å². The van der Waals surface area contributed by atoms with Gasteiger partial charge in [-0.15, -0.1) is 0 Å². The summed E-state index contributed by atoms with van der Waals surface area (Å²) in [4.78, 5) is 59.4. The van der Waals surface area contributed by atoms with E-state index in [9.17, 15) is 19.2 Å². The Balaban J connectivity index is 1.51. The molecule has 2 fully saturated rings. The Morgan fingerprint density at radius 1 is 1.12 bits per heavy atom. The number of fused-ring (bicyclic) bond motifs is 1. The van der Waals surface area contributed by atoms with Crippen molar-refractivity contribution in [2.24, 2.45) is 5.92 Å². The maximum atomic E-state index is 13.6. The minimum absolute atomic E-state index is 0.0544. The van der Waals surface area contributed by atoms with Gasteiger partial charge in [0, 0.05) is 24.0 Å². The van der Waals surface area contributed by atoms with Crippen LogP contribution < -0.4 is 11.1 Å². The molecule has 34 heavy (non-hydrogen) atoms. The number of aromatic nitrogens is 1. The van der Waals surface area contributed by atoms with E-state index in [1.54, 1.807) is 42.5 Å². The summed E-state index contributed by atoms with van der Waals surface area (Å²) in [5, 5.41) is 2.84. The van der Waals surface area contributed by atoms with Gasteiger partial charge in [-0.05, 0) is 55.2 Å². The van der Waals surface area contributed by atoms with E-state index >= 15 is 0 Å². The highest BCUT2D eigenvalue weighted by atomic mass is 16.2. The lowest BCUT2D eigenvalue weighted by Crippen LogP contribution is -2.53. The topological polar surface area (TPSA) is 126 Å². The SMILES string of the molecule is CC(C)CC(NC(=O)c1ccc(N)cc1)C(=O)N1CCC2C1C(=O)CN2C(=O)c1ccccn1. The normalized spacial score (nSPS) is 20.4. The minimum atomic E-state index is -0.780. The third-order valence-corrected chi connectivity index (χ3v) is 6.33. The largest absolute Gasteiger partial charge is 0.399 e. The highest BCUT2D eigenvalue weighted by Gasteiger charge is 2.52. The smallest absolute Gasteiger partial charge is 0.273 e. The fraction of sp³-hybridized carbons (Fsp3) is 0.400. The fourth-order valence-corrected chi connectivity index (χ4v) is 4.74. The number of hydrogen-bond donors (Lipinski definition) is 2. The van der Waals surface area contributed by atoms with E-state index in [-0.39, 0.29) is 41.7 Å². The summed E-state index contributed by atoms with van der Waals surface area (Å²) >= 11 is 0. The number of nitrogens with zero attached hydrogens (tertiary/aromatic N) is 3. The molecule has 178 valence electrons. The number of rotatable bonds is 6. The monoisotopic (exact) mass is 463 g/mol. The predicted octanol–water partition coefficient (Wildman–Crippen LogP) is 1.50. The molecule has 3 unspecified atom stereocenters. The van der Waals surface area contributed by atoms with Crippen LogP contribution in [0.25, 0.3) is 0 Å². The molecule has 3 amide bonds. The summed E-state index contributed by atoms with van der Waals surface area (Å²) in [6.45, 7) is 4.23. The number of benzene rings is 1. The molecule has 0 saturated carbocycles. The molecule has 3 atom stereocenters. The molecule has 0 aliphatic carbocycles. The summed E-state index contributed by atoms with van der Waals surface area (Å²) in [6, 6.07) is 9.65. The van der Waals surface area contributed by atoms with E-state index in [4.69, 9.17) is 5.73 Å². The molecule has 4 rings (SSSR count). The van der Waals surface area contributed by atoms with Crippen molar-refractivity contribution in [3.63, 3.8) is 0 Å². The molecule has 2 saturated heterocycles. The Hall–Kier alpha value is -3.75. The lowest BCUT2D eigenvalue weighted by Gasteiger charge is -2.29. The van der Waals surface area contributed by atoms with Crippen molar-refractivity contribution in [1.29, 1.82) is 0 Å². The molecular weight excluding hydrogens is 434 g/mol. The zero-order valence-corrected chi connectivity index (χ0v) is 19.3. The first-order chi connectivity index (χ1) is 16.3. The molecule has 1 aromatic carbocycles. The molecule has 3 heterocycles. The van der Waals surface area contributed by atoms with Crippen LogP contribution in [0, 0.1) is 5.92 Å². The van der Waals surface area contributed by atoms with Gasteiger partial charge in [-0.1, -0.05) is 19.9 Å². The first kappa shape index (κ1) is 23.4. The second kappa shape index (κ2) is 9.62. The van der Waals surface area contributed by atoms with Gasteiger partial charge in [0.15, 0.2) is 5.78 Å². The number of carbonyl (C=O) groups excluding carboxylic acids is 4. The van der Waals surface area contributed by atoms with Crippen LogP contribution in [0.4, 0.5) is 5.69 Å². The Labute approximate surface area is 198 Å². The Kier molecular flexibility index (Phi) is 6.63. The number of carbonyl (C=O) groups is 4. The lowest BCUT2D eigenvalue weighted by molar-refractivity contribution is -0.138. The highest BCUT2D eigenvalue weighted by molar-refractivity contribution is 6.03. The zero-order chi connectivity index (χ0) is 24.4. The molecule has 0 bridgehead atoms. The van der Waals surface area contributed by atoms with Crippen LogP contribution in [0.15, 0.2) is 48.7 Å². The highest BCUT2D eigenvalue weighted by Crippen LogP contribution is 2.31. The van der Waals surface area contributed by atoms with Gasteiger partial charge in [-0.2, -0.15) is 0 Å². The van der Waals surface area contributed by atoms with Crippen LogP contribution in [0.1, 0.15) is 47.5 Å². The van der Waals surface area contributed by atoms with Crippen molar-refractivity contribution >= 4 is 29.2 Å². The number of nitrogen functional groups attached to an aromatic ring is 1. The van der Waals surface area contributed by atoms with Crippen LogP contribution in [-0.2, 0) is 9.59 Å². The molecular formula is C25H29N5O4. The number of hydrogen-bond acceptors (Lipinski definition) is 6. The van der Waals surface area contributed by atoms with Crippen LogP contribution in [0.5, 0.6) is 0 Å². The average molecular weight is 464 g/mol. The van der Waals surface area contributed by atoms with E-state index in [0.717, 1.165) is 0 Å². The van der Waals surface area contributed by atoms with Crippen LogP contribution in [0.3, 0.4) is 0 Å². The number of ketones is 1. The number of Topliss-reactive ketones (excluding diaryl/α,β-unsaturated/α-hetero) is 1. The summed E-state index contributed by atoms with van der Waals surface area (Å²) < 4.78 is 0. The van der Waals surface area contributed by atoms with Gasteiger partial charge in [0.05, 0.1) is 12.6 Å². The average Bonchev–Trinajstić information content (AvgIpc) is 3.39. The van der Waals surface area contributed by atoms with Crippen molar-refractivity contribution in [2.75, 3.05) is 18.8 Å². The molecule has 3 N–H and O–H groups in total. The zero-order valence-electron chi connectivity index (χ0n) is 19.3. The third-order valence-electron chi connectivity index (χ3n) is 6.33. The van der Waals surface area contributed by atoms with Crippen LogP contribution >= 0.6 is 0 Å². The van der Waals surface area contributed by atoms with Crippen LogP contribution in [0.2, 0.25) is 0 Å². The number of anilines is 1. The lowest BCUT2D eigenvalue weighted by atomic mass is 10.0. The first-order valence-corrected chi connectivity index (χ1v) is 11.5. The van der Waals surface area contributed by atoms with Gasteiger partial charge in [0.2, 0.25) is 5.91 Å². The van der Waals surface area contributed by atoms with Gasteiger partial charge in [0.25, 0.3) is 11.8 Å². The van der Waals surface area contributed by atoms with Crippen molar-refractivity contribution in [3.05, 3.63) is 59.9 Å². The number of amides is 3. The summed E-state index contributed by atoms with van der Waals surface area (Å²) in [6.07, 6.45) is 2.46. The van der Waals surface area contributed by atoms with Gasteiger partial charge in [0.1, 0.15) is 17.8 Å². The van der Waals surface area contributed by atoms with Crippen molar-refractivity contribution in [1.82, 2.24) is 20.1 Å². The Morgan fingerprint density at radius 2 is 1.85 bits per heavy atom. The second-order valence-electron chi connectivity index (χ2n) is 9.22. The van der Waals surface area contributed by atoms with Gasteiger partial charge < -0.3 is 20.9 Å². The van der Waals surface area contributed by atoms with Gasteiger partial charge in [-0.25, -0.2) is 0 Å². The molecule has 2 aliphatic heterocycles. The quantitative estimate of drug-likeness (QED) is 0.626. The molecule has 0 spiro atoms. The Bertz CT molecular complexity index is 1090. The summed E-state index contributed by atoms with van der Waals surface area (Å²) in [5.74, 6) is -1.02. The molecule has 9 nitrogen and oxygen atoms in total. The number of nitrogens with one attached hydrogen (secondary N) is 1. The molecule has 9 heteroatoms. The van der Waals surface area contributed by atoms with Crippen molar-refractivity contribution in [2.45, 2.75) is 44.8 Å².